The van der Waals surface area contributed by atoms with Crippen molar-refractivity contribution in [2.45, 2.75) is 32.9 Å². The molecule has 1 heterocycles. The highest BCUT2D eigenvalue weighted by molar-refractivity contribution is 6.08. The number of hydrogen-bond donors (Lipinski definition) is 1. The molecule has 0 radical (unpaired) electrons. The number of amides is 2. The number of hydrogen-bond acceptors (Lipinski definition) is 3. The van der Waals surface area contributed by atoms with Gasteiger partial charge in [0.05, 0.1) is 12.8 Å². The second-order valence-corrected chi connectivity index (χ2v) is 4.79. The van der Waals surface area contributed by atoms with Crippen LogP contribution >= 0.6 is 0 Å². The van der Waals surface area contributed by atoms with E-state index in [-0.39, 0.29) is 11.8 Å². The summed E-state index contributed by atoms with van der Waals surface area (Å²) in [6, 6.07) is 4.51. The van der Waals surface area contributed by atoms with Crippen molar-refractivity contribution in [2.24, 2.45) is 0 Å². The lowest BCUT2D eigenvalue weighted by molar-refractivity contribution is -0.133. The van der Waals surface area contributed by atoms with E-state index in [1.807, 2.05) is 25.1 Å². The summed E-state index contributed by atoms with van der Waals surface area (Å²) in [5, 5.41) is 2.66. The summed E-state index contributed by atoms with van der Waals surface area (Å²) in [7, 11) is 1.55. The lowest BCUT2D eigenvalue weighted by atomic mass is 10.1. The molecule has 5 heteroatoms. The molecule has 1 fully saturated rings. The van der Waals surface area contributed by atoms with Crippen LogP contribution in [0.15, 0.2) is 18.2 Å². The minimum Gasteiger partial charge on any atom is -0.495 e. The number of nitrogens with zero attached hydrogens (tertiary/aromatic N) is 1. The van der Waals surface area contributed by atoms with Crippen LogP contribution in [-0.4, -0.2) is 31.0 Å². The Morgan fingerprint density at radius 1 is 1.26 bits per heavy atom. The van der Waals surface area contributed by atoms with Crippen LogP contribution in [0.1, 0.15) is 19.4 Å². The van der Waals surface area contributed by atoms with Crippen LogP contribution in [0.5, 0.6) is 5.75 Å². The molecule has 0 aliphatic carbocycles. The third-order valence-corrected chi connectivity index (χ3v) is 3.33. The third-order valence-electron chi connectivity index (χ3n) is 3.33. The molecule has 2 amide bonds. The number of carbonyl (C=O) groups excluding carboxylic acids is 2. The molecule has 1 N–H and O–H groups in total. The number of aryl methyl sites for hydroxylation is 1. The fourth-order valence-corrected chi connectivity index (χ4v) is 2.23. The highest BCUT2D eigenvalue weighted by atomic mass is 16.5. The predicted octanol–water partition coefficient (Wildman–Crippen LogP) is 1.24. The van der Waals surface area contributed by atoms with Crippen LogP contribution < -0.4 is 15.0 Å². The molecular formula is C14H18N2O3. The van der Waals surface area contributed by atoms with E-state index in [0.717, 1.165) is 5.56 Å². The molecule has 2 atom stereocenters. The Bertz CT molecular complexity index is 527. The van der Waals surface area contributed by atoms with Gasteiger partial charge in [0.1, 0.15) is 17.8 Å². The van der Waals surface area contributed by atoms with Crippen LogP contribution in [0.3, 0.4) is 0 Å². The minimum atomic E-state index is -0.542. The molecule has 5 nitrogen and oxygen atoms in total. The Kier molecular flexibility index (Phi) is 3.46. The zero-order valence-corrected chi connectivity index (χ0v) is 11.6. The monoisotopic (exact) mass is 262 g/mol. The summed E-state index contributed by atoms with van der Waals surface area (Å²) in [4.78, 5) is 25.7. The van der Waals surface area contributed by atoms with Gasteiger partial charge in [0.25, 0.3) is 0 Å². The molecule has 0 bridgehead atoms. The minimum absolute atomic E-state index is 0.129. The van der Waals surface area contributed by atoms with Gasteiger partial charge in [-0.2, -0.15) is 0 Å². The van der Waals surface area contributed by atoms with Crippen LogP contribution in [0.25, 0.3) is 0 Å². The van der Waals surface area contributed by atoms with E-state index in [2.05, 4.69) is 5.32 Å². The number of rotatable bonds is 2. The Labute approximate surface area is 112 Å². The Balaban J connectivity index is 2.51. The molecule has 0 saturated carbocycles. The molecule has 19 heavy (non-hydrogen) atoms. The molecule has 1 aliphatic heterocycles. The number of carbonyl (C=O) groups is 2. The number of piperazine rings is 1. The van der Waals surface area contributed by atoms with E-state index >= 15 is 0 Å². The number of anilines is 1. The van der Waals surface area contributed by atoms with E-state index in [0.29, 0.717) is 11.4 Å². The molecule has 0 aromatic heterocycles. The number of nitrogens with one attached hydrogen (secondary N) is 1. The number of ether oxygens (including phenoxy) is 1. The summed E-state index contributed by atoms with van der Waals surface area (Å²) >= 11 is 0. The topological polar surface area (TPSA) is 58.6 Å². The zero-order valence-electron chi connectivity index (χ0n) is 11.6. The van der Waals surface area contributed by atoms with Gasteiger partial charge in [-0.15, -0.1) is 0 Å². The fraction of sp³-hybridized carbons (Fsp3) is 0.429. The van der Waals surface area contributed by atoms with Gasteiger partial charge in [0.15, 0.2) is 0 Å². The predicted molar refractivity (Wildman–Crippen MR) is 72.3 cm³/mol. The van der Waals surface area contributed by atoms with Crippen molar-refractivity contribution in [3.05, 3.63) is 23.8 Å². The molecule has 0 spiro atoms. The fourth-order valence-electron chi connectivity index (χ4n) is 2.23. The molecule has 1 saturated heterocycles. The van der Waals surface area contributed by atoms with E-state index < -0.39 is 12.1 Å². The standard InChI is InChI=1S/C14H18N2O3/c1-8-5-6-12(19-4)11(7-8)16-10(3)13(17)15-9(2)14(16)18/h5-7,9-10H,1-4H3,(H,15,17). The largest absolute Gasteiger partial charge is 0.495 e. The first kappa shape index (κ1) is 13.4. The van der Waals surface area contributed by atoms with E-state index in [4.69, 9.17) is 4.74 Å². The number of benzene rings is 1. The van der Waals surface area contributed by atoms with Crippen molar-refractivity contribution in [2.75, 3.05) is 12.0 Å². The van der Waals surface area contributed by atoms with Gasteiger partial charge in [-0.05, 0) is 38.5 Å². The second-order valence-electron chi connectivity index (χ2n) is 4.79. The van der Waals surface area contributed by atoms with Gasteiger partial charge in [0, 0.05) is 0 Å². The Hall–Kier alpha value is -2.04. The first-order chi connectivity index (χ1) is 8.95. The van der Waals surface area contributed by atoms with Gasteiger partial charge >= 0.3 is 0 Å². The first-order valence-corrected chi connectivity index (χ1v) is 6.23. The summed E-state index contributed by atoms with van der Waals surface area (Å²) in [6.45, 7) is 5.33. The van der Waals surface area contributed by atoms with Gasteiger partial charge in [-0.3, -0.25) is 14.5 Å². The third kappa shape index (κ3) is 2.28. The Morgan fingerprint density at radius 3 is 2.58 bits per heavy atom. The molecule has 2 unspecified atom stereocenters. The van der Waals surface area contributed by atoms with E-state index in [9.17, 15) is 9.59 Å². The quantitative estimate of drug-likeness (QED) is 0.872. The molecule has 1 aromatic carbocycles. The molecule has 102 valence electrons. The highest BCUT2D eigenvalue weighted by Crippen LogP contribution is 2.32. The summed E-state index contributed by atoms with van der Waals surface area (Å²) < 4.78 is 5.30. The summed E-state index contributed by atoms with van der Waals surface area (Å²) in [6.07, 6.45) is 0. The maximum Gasteiger partial charge on any atom is 0.250 e. The zero-order chi connectivity index (χ0) is 14.2. The van der Waals surface area contributed by atoms with Crippen LogP contribution in [-0.2, 0) is 9.59 Å². The molecular weight excluding hydrogens is 244 g/mol. The average Bonchev–Trinajstić information content (AvgIpc) is 2.37. The van der Waals surface area contributed by atoms with Crippen molar-refractivity contribution in [1.29, 1.82) is 0 Å². The molecule has 1 aromatic rings. The molecule has 1 aliphatic rings. The van der Waals surface area contributed by atoms with E-state index in [1.54, 1.807) is 21.0 Å². The van der Waals surface area contributed by atoms with Crippen molar-refractivity contribution in [1.82, 2.24) is 5.32 Å². The van der Waals surface area contributed by atoms with Gasteiger partial charge in [-0.1, -0.05) is 6.07 Å². The van der Waals surface area contributed by atoms with Crippen molar-refractivity contribution in [3.8, 4) is 5.75 Å². The number of methoxy groups -OCH3 is 1. The van der Waals surface area contributed by atoms with Gasteiger partial charge < -0.3 is 10.1 Å². The first-order valence-electron chi connectivity index (χ1n) is 6.23. The lowest BCUT2D eigenvalue weighted by Gasteiger charge is -2.36. The van der Waals surface area contributed by atoms with E-state index in [1.165, 1.54) is 4.90 Å². The van der Waals surface area contributed by atoms with Gasteiger partial charge in [-0.25, -0.2) is 0 Å². The second kappa shape index (κ2) is 4.91. The van der Waals surface area contributed by atoms with Crippen LogP contribution in [0.4, 0.5) is 5.69 Å². The summed E-state index contributed by atoms with van der Waals surface area (Å²) in [5.41, 5.74) is 1.65. The van der Waals surface area contributed by atoms with Crippen molar-refractivity contribution >= 4 is 17.5 Å². The Morgan fingerprint density at radius 2 is 1.95 bits per heavy atom. The van der Waals surface area contributed by atoms with Crippen LogP contribution in [0, 0.1) is 6.92 Å². The molecule has 2 rings (SSSR count). The summed E-state index contributed by atoms with van der Waals surface area (Å²) in [5.74, 6) is 0.305. The normalized spacial score (nSPS) is 23.3. The van der Waals surface area contributed by atoms with Crippen LogP contribution in [0.2, 0.25) is 0 Å². The van der Waals surface area contributed by atoms with Crippen molar-refractivity contribution < 1.29 is 14.3 Å². The SMILES string of the molecule is COc1ccc(C)cc1N1C(=O)C(C)NC(=O)C1C. The smallest absolute Gasteiger partial charge is 0.250 e. The highest BCUT2D eigenvalue weighted by Gasteiger charge is 2.37. The lowest BCUT2D eigenvalue weighted by Crippen LogP contribution is -2.61. The van der Waals surface area contributed by atoms with Gasteiger partial charge in [0.2, 0.25) is 11.8 Å². The maximum absolute atomic E-state index is 12.3. The van der Waals surface area contributed by atoms with Crippen molar-refractivity contribution in [3.63, 3.8) is 0 Å². The maximum atomic E-state index is 12.3. The average molecular weight is 262 g/mol.